The summed E-state index contributed by atoms with van der Waals surface area (Å²) in [6.45, 7) is 3.72. The molecule has 0 atom stereocenters. The summed E-state index contributed by atoms with van der Waals surface area (Å²) in [4.78, 5) is 21.0. The van der Waals surface area contributed by atoms with Gasteiger partial charge in [-0.05, 0) is 42.9 Å². The smallest absolute Gasteiger partial charge is 0.253 e. The molecule has 0 bridgehead atoms. The number of hydrogen-bond acceptors (Lipinski definition) is 5. The summed E-state index contributed by atoms with van der Waals surface area (Å²) in [5.41, 5.74) is 1.66. The topological polar surface area (TPSA) is 82.6 Å². The van der Waals surface area contributed by atoms with Gasteiger partial charge in [-0.15, -0.1) is 0 Å². The van der Waals surface area contributed by atoms with Crippen LogP contribution in [0.5, 0.6) is 0 Å². The number of aromatic nitrogens is 1. The fourth-order valence-corrected chi connectivity index (χ4v) is 3.67. The lowest BCUT2D eigenvalue weighted by molar-refractivity contribution is 0.0628. The van der Waals surface area contributed by atoms with Crippen LogP contribution in [0.4, 0.5) is 0 Å². The number of benzene rings is 1. The highest BCUT2D eigenvalue weighted by atomic mass is 32.2. The van der Waals surface area contributed by atoms with Crippen molar-refractivity contribution < 1.29 is 13.2 Å². The molecule has 7 nitrogen and oxygen atoms in total. The van der Waals surface area contributed by atoms with Crippen molar-refractivity contribution in [2.24, 2.45) is 0 Å². The number of nitrogens with zero attached hydrogens (tertiary/aromatic N) is 3. The van der Waals surface area contributed by atoms with Gasteiger partial charge in [-0.25, -0.2) is 13.1 Å². The van der Waals surface area contributed by atoms with Crippen LogP contribution in [0, 0.1) is 0 Å². The Kier molecular flexibility index (Phi) is 5.65. The molecule has 0 saturated carbocycles. The SMILES string of the molecule is CNS(=O)(=O)c1ccc(C(=O)N2CCN(Cc3cccnc3)CC2)cc1. The van der Waals surface area contributed by atoms with E-state index in [1.54, 1.807) is 23.2 Å². The molecular formula is C18H22N4O3S. The van der Waals surface area contributed by atoms with Crippen molar-refractivity contribution >= 4 is 15.9 Å². The molecule has 1 saturated heterocycles. The third-order valence-corrected chi connectivity index (χ3v) is 5.90. The zero-order chi connectivity index (χ0) is 18.6. The maximum absolute atomic E-state index is 12.6. The highest BCUT2D eigenvalue weighted by molar-refractivity contribution is 7.89. The van der Waals surface area contributed by atoms with Gasteiger partial charge >= 0.3 is 0 Å². The van der Waals surface area contributed by atoms with Gasteiger partial charge in [0, 0.05) is 50.7 Å². The summed E-state index contributed by atoms with van der Waals surface area (Å²) < 4.78 is 25.8. The van der Waals surface area contributed by atoms with E-state index >= 15 is 0 Å². The number of rotatable bonds is 5. The molecular weight excluding hydrogens is 352 g/mol. The number of amides is 1. The molecule has 3 rings (SSSR count). The van der Waals surface area contributed by atoms with Crippen molar-refractivity contribution in [2.45, 2.75) is 11.4 Å². The molecule has 8 heteroatoms. The van der Waals surface area contributed by atoms with Gasteiger partial charge in [-0.3, -0.25) is 14.7 Å². The molecule has 26 heavy (non-hydrogen) atoms. The largest absolute Gasteiger partial charge is 0.336 e. The third-order valence-electron chi connectivity index (χ3n) is 4.47. The summed E-state index contributed by atoms with van der Waals surface area (Å²) in [6.07, 6.45) is 3.62. The first-order valence-corrected chi connectivity index (χ1v) is 9.92. The van der Waals surface area contributed by atoms with Gasteiger partial charge in [0.25, 0.3) is 5.91 Å². The molecule has 0 unspecified atom stereocenters. The van der Waals surface area contributed by atoms with E-state index in [1.165, 1.54) is 19.2 Å². The Bertz CT molecular complexity index is 846. The summed E-state index contributed by atoms with van der Waals surface area (Å²) >= 11 is 0. The number of sulfonamides is 1. The molecule has 1 fully saturated rings. The molecule has 1 amide bonds. The van der Waals surface area contributed by atoms with Crippen LogP contribution in [0.2, 0.25) is 0 Å². The number of hydrogen-bond donors (Lipinski definition) is 1. The highest BCUT2D eigenvalue weighted by Gasteiger charge is 2.22. The number of carbonyl (C=O) groups excluding carboxylic acids is 1. The second kappa shape index (κ2) is 7.94. The van der Waals surface area contributed by atoms with Crippen LogP contribution in [-0.4, -0.2) is 62.3 Å². The Labute approximate surface area is 153 Å². The quantitative estimate of drug-likeness (QED) is 0.843. The van der Waals surface area contributed by atoms with Crippen LogP contribution in [0.1, 0.15) is 15.9 Å². The highest BCUT2D eigenvalue weighted by Crippen LogP contribution is 2.14. The first kappa shape index (κ1) is 18.5. The van der Waals surface area contributed by atoms with Crippen LogP contribution >= 0.6 is 0 Å². The third kappa shape index (κ3) is 4.27. The lowest BCUT2D eigenvalue weighted by Crippen LogP contribution is -2.48. The zero-order valence-corrected chi connectivity index (χ0v) is 15.4. The van der Waals surface area contributed by atoms with Crippen molar-refractivity contribution in [1.82, 2.24) is 19.5 Å². The second-order valence-electron chi connectivity index (χ2n) is 6.16. The monoisotopic (exact) mass is 374 g/mol. The molecule has 0 radical (unpaired) electrons. The van der Waals surface area contributed by atoms with E-state index in [9.17, 15) is 13.2 Å². The standard InChI is InChI=1S/C18H22N4O3S/c1-19-26(24,25)17-6-4-16(5-7-17)18(23)22-11-9-21(10-12-22)14-15-3-2-8-20-13-15/h2-8,13,19H,9-12,14H2,1H3. The van der Waals surface area contributed by atoms with Crippen molar-refractivity contribution in [3.05, 3.63) is 59.9 Å². The zero-order valence-electron chi connectivity index (χ0n) is 14.6. The number of nitrogens with one attached hydrogen (secondary N) is 1. The molecule has 0 spiro atoms. The van der Waals surface area contributed by atoms with E-state index < -0.39 is 10.0 Å². The van der Waals surface area contributed by atoms with E-state index in [0.717, 1.165) is 25.2 Å². The Morgan fingerprint density at radius 1 is 1.12 bits per heavy atom. The average molecular weight is 374 g/mol. The first-order valence-electron chi connectivity index (χ1n) is 8.44. The molecule has 1 aromatic heterocycles. The Morgan fingerprint density at radius 2 is 1.81 bits per heavy atom. The van der Waals surface area contributed by atoms with Crippen LogP contribution in [0.3, 0.4) is 0 Å². The number of pyridine rings is 1. The molecule has 0 aliphatic carbocycles. The van der Waals surface area contributed by atoms with Gasteiger partial charge in [-0.1, -0.05) is 6.07 Å². The summed E-state index contributed by atoms with van der Waals surface area (Å²) in [6, 6.07) is 10.0. The van der Waals surface area contributed by atoms with E-state index in [-0.39, 0.29) is 10.8 Å². The molecule has 1 aliphatic heterocycles. The van der Waals surface area contributed by atoms with Gasteiger partial charge in [-0.2, -0.15) is 0 Å². The van der Waals surface area contributed by atoms with Crippen molar-refractivity contribution in [2.75, 3.05) is 33.2 Å². The van der Waals surface area contributed by atoms with Crippen molar-refractivity contribution in [3.63, 3.8) is 0 Å². The molecule has 1 aromatic carbocycles. The van der Waals surface area contributed by atoms with Gasteiger partial charge in [0.1, 0.15) is 0 Å². The van der Waals surface area contributed by atoms with E-state index in [4.69, 9.17) is 0 Å². The number of piperazine rings is 1. The normalized spacial score (nSPS) is 15.8. The lowest BCUT2D eigenvalue weighted by Gasteiger charge is -2.34. The van der Waals surface area contributed by atoms with Gasteiger partial charge in [0.15, 0.2) is 0 Å². The minimum Gasteiger partial charge on any atom is -0.336 e. The van der Waals surface area contributed by atoms with Gasteiger partial charge in [0.2, 0.25) is 10.0 Å². The average Bonchev–Trinajstić information content (AvgIpc) is 2.69. The van der Waals surface area contributed by atoms with Crippen molar-refractivity contribution in [3.8, 4) is 0 Å². The fourth-order valence-electron chi connectivity index (χ4n) is 2.94. The fraction of sp³-hybridized carbons (Fsp3) is 0.333. The van der Waals surface area contributed by atoms with Crippen LogP contribution in [0.15, 0.2) is 53.7 Å². The predicted molar refractivity (Wildman–Crippen MR) is 98.1 cm³/mol. The first-order chi connectivity index (χ1) is 12.5. The van der Waals surface area contributed by atoms with Gasteiger partial charge in [0.05, 0.1) is 4.90 Å². The van der Waals surface area contributed by atoms with E-state index in [0.29, 0.717) is 18.7 Å². The Balaban J connectivity index is 1.58. The minimum atomic E-state index is -3.49. The summed E-state index contributed by atoms with van der Waals surface area (Å²) in [5, 5.41) is 0. The molecule has 2 heterocycles. The Morgan fingerprint density at radius 3 is 2.38 bits per heavy atom. The molecule has 1 aliphatic rings. The maximum atomic E-state index is 12.6. The molecule has 2 aromatic rings. The Hall–Kier alpha value is -2.29. The van der Waals surface area contributed by atoms with Crippen LogP contribution < -0.4 is 4.72 Å². The van der Waals surface area contributed by atoms with Crippen molar-refractivity contribution in [1.29, 1.82) is 0 Å². The second-order valence-corrected chi connectivity index (χ2v) is 8.05. The predicted octanol–water partition coefficient (Wildman–Crippen LogP) is 0.948. The van der Waals surface area contributed by atoms with Crippen LogP contribution in [0.25, 0.3) is 0 Å². The van der Waals surface area contributed by atoms with Crippen LogP contribution in [-0.2, 0) is 16.6 Å². The summed E-state index contributed by atoms with van der Waals surface area (Å²) in [5.74, 6) is -0.0700. The van der Waals surface area contributed by atoms with Gasteiger partial charge < -0.3 is 4.90 Å². The number of carbonyl (C=O) groups is 1. The lowest BCUT2D eigenvalue weighted by atomic mass is 10.1. The maximum Gasteiger partial charge on any atom is 0.253 e. The van der Waals surface area contributed by atoms with E-state index in [1.807, 2.05) is 18.3 Å². The van der Waals surface area contributed by atoms with E-state index in [2.05, 4.69) is 14.6 Å². The molecule has 1 N–H and O–H groups in total. The molecule has 138 valence electrons. The minimum absolute atomic E-state index is 0.0700. The summed E-state index contributed by atoms with van der Waals surface area (Å²) in [7, 11) is -2.13.